The van der Waals surface area contributed by atoms with Gasteiger partial charge in [0.2, 0.25) is 10.0 Å². The molecule has 29 heavy (non-hydrogen) atoms. The Morgan fingerprint density at radius 1 is 1.10 bits per heavy atom. The van der Waals surface area contributed by atoms with Crippen LogP contribution < -0.4 is 10.1 Å². The molecule has 0 atom stereocenters. The van der Waals surface area contributed by atoms with Gasteiger partial charge in [0, 0.05) is 18.7 Å². The molecule has 8 heteroatoms. The fourth-order valence-electron chi connectivity index (χ4n) is 3.06. The lowest BCUT2D eigenvalue weighted by molar-refractivity contribution is 0.0730. The summed E-state index contributed by atoms with van der Waals surface area (Å²) in [5.74, 6) is 0.0978. The Hall–Kier alpha value is -2.42. The van der Waals surface area contributed by atoms with Crippen LogP contribution in [0.1, 0.15) is 28.4 Å². The molecule has 1 fully saturated rings. The Labute approximate surface area is 171 Å². The smallest absolute Gasteiger partial charge is 0.255 e. The van der Waals surface area contributed by atoms with E-state index >= 15 is 0 Å². The highest BCUT2D eigenvalue weighted by Crippen LogP contribution is 2.30. The van der Waals surface area contributed by atoms with Gasteiger partial charge in [0.05, 0.1) is 30.4 Å². The van der Waals surface area contributed by atoms with Crippen molar-refractivity contribution in [3.63, 3.8) is 0 Å². The van der Waals surface area contributed by atoms with Crippen molar-refractivity contribution in [3.8, 4) is 5.75 Å². The zero-order chi connectivity index (χ0) is 21.0. The maximum Gasteiger partial charge on any atom is 0.255 e. The quantitative estimate of drug-likeness (QED) is 0.780. The van der Waals surface area contributed by atoms with Gasteiger partial charge in [-0.05, 0) is 62.2 Å². The monoisotopic (exact) mass is 418 g/mol. The summed E-state index contributed by atoms with van der Waals surface area (Å²) in [5, 5.41) is 2.80. The van der Waals surface area contributed by atoms with E-state index in [1.807, 2.05) is 26.8 Å². The second-order valence-corrected chi connectivity index (χ2v) is 8.80. The zero-order valence-corrected chi connectivity index (χ0v) is 17.7. The molecule has 156 valence electrons. The first-order valence-corrected chi connectivity index (χ1v) is 11.0. The molecule has 1 saturated heterocycles. The summed E-state index contributed by atoms with van der Waals surface area (Å²) in [6.45, 7) is 7.48. The molecule has 3 rings (SSSR count). The Balaban J connectivity index is 1.92. The van der Waals surface area contributed by atoms with Crippen LogP contribution in [-0.4, -0.2) is 51.5 Å². The van der Waals surface area contributed by atoms with Crippen molar-refractivity contribution in [1.82, 2.24) is 4.31 Å². The molecule has 2 aromatic rings. The van der Waals surface area contributed by atoms with Gasteiger partial charge in [-0.2, -0.15) is 4.31 Å². The fourth-order valence-corrected chi connectivity index (χ4v) is 4.50. The third-order valence-electron chi connectivity index (χ3n) is 4.88. The predicted octanol–water partition coefficient (Wildman–Crippen LogP) is 2.98. The van der Waals surface area contributed by atoms with Crippen LogP contribution in [0.2, 0.25) is 0 Å². The number of nitrogens with one attached hydrogen (secondary N) is 1. The molecule has 0 spiro atoms. The standard InChI is InChI=1S/C21H26N2O5S/c1-4-28-20-8-7-18(29(25,26)23-9-11-27-12-10-23)14-19(20)22-21(24)17-6-5-15(2)16(3)13-17/h5-8,13-14H,4,9-12H2,1-3H3,(H,22,24). The molecular weight excluding hydrogens is 392 g/mol. The van der Waals surface area contributed by atoms with Crippen LogP contribution in [0.5, 0.6) is 5.75 Å². The number of carbonyl (C=O) groups is 1. The van der Waals surface area contributed by atoms with Crippen molar-refractivity contribution in [2.45, 2.75) is 25.7 Å². The minimum absolute atomic E-state index is 0.109. The molecule has 2 aromatic carbocycles. The molecule has 0 radical (unpaired) electrons. The number of hydrogen-bond donors (Lipinski definition) is 1. The molecule has 1 heterocycles. The summed E-state index contributed by atoms with van der Waals surface area (Å²) < 4.78 is 38.1. The van der Waals surface area contributed by atoms with Crippen LogP contribution in [0.3, 0.4) is 0 Å². The van der Waals surface area contributed by atoms with Gasteiger partial charge in [-0.1, -0.05) is 6.07 Å². The molecule has 0 aromatic heterocycles. The molecule has 1 aliphatic rings. The number of rotatable bonds is 6. The summed E-state index contributed by atoms with van der Waals surface area (Å²) in [4.78, 5) is 12.9. The fraction of sp³-hybridized carbons (Fsp3) is 0.381. The van der Waals surface area contributed by atoms with Crippen LogP contribution in [0.15, 0.2) is 41.3 Å². The maximum atomic E-state index is 13.0. The second-order valence-electron chi connectivity index (χ2n) is 6.86. The second kappa shape index (κ2) is 8.94. The number of benzene rings is 2. The number of anilines is 1. The van der Waals surface area contributed by atoms with E-state index < -0.39 is 10.0 Å². The van der Waals surface area contributed by atoms with Crippen LogP contribution in [0.4, 0.5) is 5.69 Å². The van der Waals surface area contributed by atoms with Crippen molar-refractivity contribution in [2.75, 3.05) is 38.2 Å². The van der Waals surface area contributed by atoms with E-state index in [-0.39, 0.29) is 10.8 Å². The summed E-state index contributed by atoms with van der Waals surface area (Å²) in [7, 11) is -3.68. The maximum absolute atomic E-state index is 13.0. The van der Waals surface area contributed by atoms with Gasteiger partial charge in [0.25, 0.3) is 5.91 Å². The van der Waals surface area contributed by atoms with Gasteiger partial charge < -0.3 is 14.8 Å². The first kappa shape index (κ1) is 21.3. The minimum atomic E-state index is -3.68. The van der Waals surface area contributed by atoms with Gasteiger partial charge in [-0.25, -0.2) is 8.42 Å². The molecule has 1 amide bonds. The first-order chi connectivity index (χ1) is 13.8. The summed E-state index contributed by atoms with van der Waals surface area (Å²) in [6.07, 6.45) is 0. The zero-order valence-electron chi connectivity index (χ0n) is 16.9. The van der Waals surface area contributed by atoms with E-state index in [0.29, 0.717) is 49.9 Å². The number of sulfonamides is 1. The lowest BCUT2D eigenvalue weighted by atomic mass is 10.1. The molecule has 0 aliphatic carbocycles. The highest BCUT2D eigenvalue weighted by molar-refractivity contribution is 7.89. The Morgan fingerprint density at radius 2 is 1.83 bits per heavy atom. The third kappa shape index (κ3) is 4.77. The number of ether oxygens (including phenoxy) is 2. The number of carbonyl (C=O) groups excluding carboxylic acids is 1. The van der Waals surface area contributed by atoms with Crippen molar-refractivity contribution in [1.29, 1.82) is 0 Å². The van der Waals surface area contributed by atoms with Crippen molar-refractivity contribution in [2.24, 2.45) is 0 Å². The number of aryl methyl sites for hydroxylation is 2. The summed E-state index contributed by atoms with van der Waals surface area (Å²) >= 11 is 0. The number of hydrogen-bond acceptors (Lipinski definition) is 5. The molecule has 7 nitrogen and oxygen atoms in total. The molecule has 1 aliphatic heterocycles. The minimum Gasteiger partial charge on any atom is -0.492 e. The summed E-state index contributed by atoms with van der Waals surface area (Å²) in [5.41, 5.74) is 2.92. The van der Waals surface area contributed by atoms with E-state index in [4.69, 9.17) is 9.47 Å². The number of morpholine rings is 1. The van der Waals surface area contributed by atoms with E-state index in [1.54, 1.807) is 18.2 Å². The van der Waals surface area contributed by atoms with E-state index in [9.17, 15) is 13.2 Å². The SMILES string of the molecule is CCOc1ccc(S(=O)(=O)N2CCOCC2)cc1NC(=O)c1ccc(C)c(C)c1. The average molecular weight is 419 g/mol. The number of nitrogens with zero attached hydrogens (tertiary/aromatic N) is 1. The van der Waals surface area contributed by atoms with Crippen molar-refractivity contribution in [3.05, 3.63) is 53.1 Å². The largest absolute Gasteiger partial charge is 0.492 e. The third-order valence-corrected chi connectivity index (χ3v) is 6.77. The Morgan fingerprint density at radius 3 is 2.48 bits per heavy atom. The molecule has 0 unspecified atom stereocenters. The Bertz CT molecular complexity index is 998. The molecular formula is C21H26N2O5S. The van der Waals surface area contributed by atoms with Gasteiger partial charge in [0.15, 0.2) is 0 Å². The highest BCUT2D eigenvalue weighted by Gasteiger charge is 2.27. The Kier molecular flexibility index (Phi) is 6.56. The normalized spacial score (nSPS) is 15.1. The van der Waals surface area contributed by atoms with Crippen LogP contribution >= 0.6 is 0 Å². The molecule has 0 saturated carbocycles. The van der Waals surface area contributed by atoms with E-state index in [1.165, 1.54) is 16.4 Å². The van der Waals surface area contributed by atoms with E-state index in [0.717, 1.165) is 11.1 Å². The van der Waals surface area contributed by atoms with Gasteiger partial charge in [0.1, 0.15) is 5.75 Å². The van der Waals surface area contributed by atoms with Gasteiger partial charge in [-0.15, -0.1) is 0 Å². The topological polar surface area (TPSA) is 84.9 Å². The van der Waals surface area contributed by atoms with Gasteiger partial charge in [-0.3, -0.25) is 4.79 Å². The highest BCUT2D eigenvalue weighted by atomic mass is 32.2. The van der Waals surface area contributed by atoms with Crippen molar-refractivity contribution < 1.29 is 22.7 Å². The lowest BCUT2D eigenvalue weighted by Gasteiger charge is -2.26. The van der Waals surface area contributed by atoms with E-state index in [2.05, 4.69) is 5.32 Å². The van der Waals surface area contributed by atoms with Crippen LogP contribution in [0, 0.1) is 13.8 Å². The number of amides is 1. The van der Waals surface area contributed by atoms with Gasteiger partial charge >= 0.3 is 0 Å². The van der Waals surface area contributed by atoms with Crippen LogP contribution in [-0.2, 0) is 14.8 Å². The first-order valence-electron chi connectivity index (χ1n) is 9.56. The predicted molar refractivity (Wildman–Crippen MR) is 111 cm³/mol. The van der Waals surface area contributed by atoms with Crippen LogP contribution in [0.25, 0.3) is 0 Å². The molecule has 0 bridgehead atoms. The molecule has 1 N–H and O–H groups in total. The average Bonchev–Trinajstić information content (AvgIpc) is 2.72. The summed E-state index contributed by atoms with van der Waals surface area (Å²) in [6, 6.07) is 9.96. The lowest BCUT2D eigenvalue weighted by Crippen LogP contribution is -2.40. The van der Waals surface area contributed by atoms with Crippen molar-refractivity contribution >= 4 is 21.6 Å².